The van der Waals surface area contributed by atoms with E-state index >= 15 is 0 Å². The zero-order chi connectivity index (χ0) is 19.4. The molecule has 27 heavy (non-hydrogen) atoms. The Kier molecular flexibility index (Phi) is 5.30. The van der Waals surface area contributed by atoms with Crippen molar-refractivity contribution in [3.63, 3.8) is 0 Å². The number of H-pyrrole nitrogens is 1. The molecule has 1 atom stereocenters. The smallest absolute Gasteiger partial charge is 0.357 e. The van der Waals surface area contributed by atoms with Crippen LogP contribution >= 0.6 is 0 Å². The molecule has 0 bridgehead atoms. The molecule has 1 aromatic heterocycles. The van der Waals surface area contributed by atoms with Gasteiger partial charge in [-0.25, -0.2) is 9.18 Å². The molecule has 0 aliphatic carbocycles. The number of esters is 1. The standard InChI is InChI=1S/C20H18FN3O3/c1-12-8-9-15(10-16(12)21)22-19(25)13(2)27-20(26)18-11-17(23-24-18)14-6-4-3-5-7-14/h3-11,13H,1-2H3,(H,22,25)(H,23,24)/t13-/m1/s1. The molecule has 3 aromatic rings. The van der Waals surface area contributed by atoms with Crippen molar-refractivity contribution in [2.75, 3.05) is 5.32 Å². The topological polar surface area (TPSA) is 84.1 Å². The predicted octanol–water partition coefficient (Wildman–Crippen LogP) is 3.71. The van der Waals surface area contributed by atoms with Gasteiger partial charge in [0.15, 0.2) is 6.10 Å². The fraction of sp³-hybridized carbons (Fsp3) is 0.150. The fourth-order valence-electron chi connectivity index (χ4n) is 2.38. The number of ether oxygens (including phenoxy) is 1. The van der Waals surface area contributed by atoms with Gasteiger partial charge >= 0.3 is 5.97 Å². The molecule has 1 heterocycles. The lowest BCUT2D eigenvalue weighted by molar-refractivity contribution is -0.123. The highest BCUT2D eigenvalue weighted by Crippen LogP contribution is 2.18. The molecule has 0 saturated heterocycles. The fourth-order valence-corrected chi connectivity index (χ4v) is 2.38. The third-order valence-electron chi connectivity index (χ3n) is 3.96. The number of benzene rings is 2. The van der Waals surface area contributed by atoms with Crippen molar-refractivity contribution in [1.82, 2.24) is 10.2 Å². The quantitative estimate of drug-likeness (QED) is 0.674. The summed E-state index contributed by atoms with van der Waals surface area (Å²) < 4.78 is 18.7. The number of hydrogen-bond acceptors (Lipinski definition) is 4. The number of hydrogen-bond donors (Lipinski definition) is 2. The van der Waals surface area contributed by atoms with Crippen molar-refractivity contribution in [1.29, 1.82) is 0 Å². The Hall–Kier alpha value is -3.48. The van der Waals surface area contributed by atoms with Crippen LogP contribution in [0.2, 0.25) is 0 Å². The summed E-state index contributed by atoms with van der Waals surface area (Å²) in [6.07, 6.45) is -1.06. The first-order valence-corrected chi connectivity index (χ1v) is 8.33. The van der Waals surface area contributed by atoms with Crippen LogP contribution in [0, 0.1) is 12.7 Å². The van der Waals surface area contributed by atoms with E-state index in [-0.39, 0.29) is 5.69 Å². The number of aromatic amines is 1. The minimum atomic E-state index is -1.06. The van der Waals surface area contributed by atoms with Gasteiger partial charge in [-0.15, -0.1) is 0 Å². The summed E-state index contributed by atoms with van der Waals surface area (Å²) in [6.45, 7) is 3.06. The van der Waals surface area contributed by atoms with Crippen LogP contribution in [-0.2, 0) is 9.53 Å². The van der Waals surface area contributed by atoms with Gasteiger partial charge in [0, 0.05) is 11.3 Å². The van der Waals surface area contributed by atoms with Gasteiger partial charge in [-0.05, 0) is 37.6 Å². The van der Waals surface area contributed by atoms with Gasteiger partial charge in [-0.2, -0.15) is 5.10 Å². The van der Waals surface area contributed by atoms with E-state index in [2.05, 4.69) is 15.5 Å². The Labute approximate surface area is 155 Å². The zero-order valence-electron chi connectivity index (χ0n) is 14.8. The van der Waals surface area contributed by atoms with Gasteiger partial charge in [0.25, 0.3) is 5.91 Å². The maximum absolute atomic E-state index is 13.6. The molecule has 6 nitrogen and oxygen atoms in total. The molecule has 0 aliphatic rings. The van der Waals surface area contributed by atoms with Crippen LogP contribution in [0.5, 0.6) is 0 Å². The van der Waals surface area contributed by atoms with Crippen molar-refractivity contribution < 1.29 is 18.7 Å². The normalized spacial score (nSPS) is 11.7. The van der Waals surface area contributed by atoms with E-state index in [4.69, 9.17) is 4.74 Å². The van der Waals surface area contributed by atoms with Crippen LogP contribution < -0.4 is 5.32 Å². The Balaban J connectivity index is 1.62. The van der Waals surface area contributed by atoms with Crippen molar-refractivity contribution in [3.8, 4) is 11.3 Å². The predicted molar refractivity (Wildman–Crippen MR) is 98.7 cm³/mol. The number of nitrogens with zero attached hydrogens (tertiary/aromatic N) is 1. The average Bonchev–Trinajstić information content (AvgIpc) is 3.16. The van der Waals surface area contributed by atoms with Crippen LogP contribution in [0.4, 0.5) is 10.1 Å². The molecule has 0 radical (unpaired) electrons. The van der Waals surface area contributed by atoms with Crippen LogP contribution in [0.3, 0.4) is 0 Å². The Morgan fingerprint density at radius 3 is 2.59 bits per heavy atom. The number of carbonyl (C=O) groups excluding carboxylic acids is 2. The van der Waals surface area contributed by atoms with Crippen LogP contribution in [0.15, 0.2) is 54.6 Å². The Morgan fingerprint density at radius 2 is 1.89 bits per heavy atom. The molecule has 0 fully saturated rings. The molecule has 0 unspecified atom stereocenters. The highest BCUT2D eigenvalue weighted by molar-refractivity contribution is 5.97. The van der Waals surface area contributed by atoms with E-state index in [0.29, 0.717) is 16.9 Å². The van der Waals surface area contributed by atoms with E-state index in [1.807, 2.05) is 30.3 Å². The summed E-state index contributed by atoms with van der Waals surface area (Å²) in [4.78, 5) is 24.4. The SMILES string of the molecule is Cc1ccc(NC(=O)[C@@H](C)OC(=O)c2cc(-c3ccccc3)n[nH]2)cc1F. The number of aryl methyl sites for hydroxylation is 1. The Morgan fingerprint density at radius 1 is 1.15 bits per heavy atom. The second kappa shape index (κ2) is 7.82. The number of amides is 1. The highest BCUT2D eigenvalue weighted by Gasteiger charge is 2.21. The number of carbonyl (C=O) groups is 2. The van der Waals surface area contributed by atoms with Crippen molar-refractivity contribution in [2.45, 2.75) is 20.0 Å². The number of anilines is 1. The largest absolute Gasteiger partial charge is 0.448 e. The summed E-state index contributed by atoms with van der Waals surface area (Å²) in [5.41, 5.74) is 2.34. The number of nitrogens with one attached hydrogen (secondary N) is 2. The molecule has 138 valence electrons. The van der Waals surface area contributed by atoms with Gasteiger partial charge < -0.3 is 10.1 Å². The van der Waals surface area contributed by atoms with Gasteiger partial charge in [0.05, 0.1) is 5.69 Å². The van der Waals surface area contributed by atoms with Gasteiger partial charge in [-0.1, -0.05) is 36.4 Å². The first-order chi connectivity index (χ1) is 12.9. The van der Waals surface area contributed by atoms with E-state index in [9.17, 15) is 14.0 Å². The first-order valence-electron chi connectivity index (χ1n) is 8.33. The lowest BCUT2D eigenvalue weighted by Crippen LogP contribution is -2.30. The average molecular weight is 367 g/mol. The maximum Gasteiger partial charge on any atom is 0.357 e. The number of halogens is 1. The number of rotatable bonds is 5. The zero-order valence-corrected chi connectivity index (χ0v) is 14.8. The molecule has 3 rings (SSSR count). The van der Waals surface area contributed by atoms with E-state index in [0.717, 1.165) is 5.56 Å². The van der Waals surface area contributed by atoms with E-state index < -0.39 is 23.8 Å². The highest BCUT2D eigenvalue weighted by atomic mass is 19.1. The van der Waals surface area contributed by atoms with Crippen LogP contribution in [0.1, 0.15) is 23.0 Å². The second-order valence-electron chi connectivity index (χ2n) is 6.03. The van der Waals surface area contributed by atoms with Gasteiger partial charge in [-0.3, -0.25) is 9.89 Å². The molecule has 7 heteroatoms. The molecule has 0 saturated carbocycles. The van der Waals surface area contributed by atoms with E-state index in [1.54, 1.807) is 25.1 Å². The van der Waals surface area contributed by atoms with Crippen molar-refractivity contribution in [3.05, 3.63) is 71.7 Å². The van der Waals surface area contributed by atoms with Gasteiger partial charge in [0.1, 0.15) is 11.5 Å². The van der Waals surface area contributed by atoms with Crippen molar-refractivity contribution in [2.24, 2.45) is 0 Å². The molecule has 0 spiro atoms. The Bertz CT molecular complexity index is 970. The van der Waals surface area contributed by atoms with Crippen molar-refractivity contribution >= 4 is 17.6 Å². The summed E-state index contributed by atoms with van der Waals surface area (Å²) in [6, 6.07) is 15.2. The van der Waals surface area contributed by atoms with Gasteiger partial charge in [0.2, 0.25) is 0 Å². The minimum Gasteiger partial charge on any atom is -0.448 e. The summed E-state index contributed by atoms with van der Waals surface area (Å²) in [5, 5.41) is 9.20. The van der Waals surface area contributed by atoms with Crippen LogP contribution in [0.25, 0.3) is 11.3 Å². The molecular formula is C20H18FN3O3. The van der Waals surface area contributed by atoms with Crippen LogP contribution in [-0.4, -0.2) is 28.2 Å². The lowest BCUT2D eigenvalue weighted by atomic mass is 10.1. The molecule has 0 aliphatic heterocycles. The third-order valence-corrected chi connectivity index (χ3v) is 3.96. The first kappa shape index (κ1) is 18.3. The van der Waals surface area contributed by atoms with E-state index in [1.165, 1.54) is 13.0 Å². The minimum absolute atomic E-state index is 0.134. The molecule has 1 amide bonds. The molecule has 2 N–H and O–H groups in total. The number of aromatic nitrogens is 2. The summed E-state index contributed by atoms with van der Waals surface area (Å²) in [5.74, 6) is -1.69. The maximum atomic E-state index is 13.6. The molecular weight excluding hydrogens is 349 g/mol. The lowest BCUT2D eigenvalue weighted by Gasteiger charge is -2.13. The summed E-state index contributed by atoms with van der Waals surface area (Å²) >= 11 is 0. The second-order valence-corrected chi connectivity index (χ2v) is 6.03. The summed E-state index contributed by atoms with van der Waals surface area (Å²) in [7, 11) is 0. The molecule has 2 aromatic carbocycles. The monoisotopic (exact) mass is 367 g/mol. The third kappa shape index (κ3) is 4.38.